The number of phosphoric ester groups is 2. The van der Waals surface area contributed by atoms with Crippen LogP contribution in [0.15, 0.2) is 146 Å². The van der Waals surface area contributed by atoms with E-state index in [0.717, 1.165) is 180 Å². The number of ether oxygens (including phenoxy) is 4. The molecule has 0 radical (unpaired) electrons. The Kier molecular flexibility index (Phi) is 74.3. The van der Waals surface area contributed by atoms with Gasteiger partial charge in [0, 0.05) is 25.7 Å². The van der Waals surface area contributed by atoms with Gasteiger partial charge < -0.3 is 33.8 Å². The Morgan fingerprint density at radius 2 is 0.500 bits per heavy atom. The molecule has 0 aromatic rings. The zero-order valence-corrected chi connectivity index (χ0v) is 68.1. The zero-order chi connectivity index (χ0) is 77.4. The quantitative estimate of drug-likeness (QED) is 0.0169. The fourth-order valence-corrected chi connectivity index (χ4v) is 12.2. The van der Waals surface area contributed by atoms with E-state index < -0.39 is 97.5 Å². The number of allylic oxidation sites excluding steroid dienone is 24. The predicted molar refractivity (Wildman–Crippen MR) is 436 cm³/mol. The van der Waals surface area contributed by atoms with Crippen molar-refractivity contribution in [2.24, 2.45) is 0 Å². The van der Waals surface area contributed by atoms with Crippen LogP contribution in [0.5, 0.6) is 0 Å². The van der Waals surface area contributed by atoms with Gasteiger partial charge in [-0.25, -0.2) is 9.13 Å². The molecule has 0 bridgehead atoms. The Hall–Kier alpha value is -5.06. The van der Waals surface area contributed by atoms with Crippen molar-refractivity contribution in [3.05, 3.63) is 146 Å². The number of unbranched alkanes of at least 4 members (excludes halogenated alkanes) is 26. The van der Waals surface area contributed by atoms with Crippen molar-refractivity contribution in [3.8, 4) is 0 Å². The third kappa shape index (κ3) is 77.1. The molecule has 19 heteroatoms. The number of rotatable bonds is 76. The van der Waals surface area contributed by atoms with Gasteiger partial charge in [-0.2, -0.15) is 0 Å². The third-order valence-corrected chi connectivity index (χ3v) is 18.7. The molecule has 0 aliphatic carbocycles. The van der Waals surface area contributed by atoms with Crippen LogP contribution < -0.4 is 0 Å². The lowest BCUT2D eigenvalue weighted by Gasteiger charge is -2.21. The summed E-state index contributed by atoms with van der Waals surface area (Å²) in [5.74, 6) is -2.27. The van der Waals surface area contributed by atoms with Gasteiger partial charge in [0.1, 0.15) is 19.3 Å². The molecule has 0 saturated carbocycles. The van der Waals surface area contributed by atoms with Crippen molar-refractivity contribution in [1.82, 2.24) is 0 Å². The molecule has 3 N–H and O–H groups in total. The van der Waals surface area contributed by atoms with Crippen LogP contribution in [0.1, 0.15) is 323 Å². The van der Waals surface area contributed by atoms with E-state index in [2.05, 4.69) is 161 Å². The molecule has 5 unspecified atom stereocenters. The molecule has 0 amide bonds. The minimum Gasteiger partial charge on any atom is -0.462 e. The normalized spacial score (nSPS) is 14.6. The first-order valence-corrected chi connectivity index (χ1v) is 44.1. The van der Waals surface area contributed by atoms with Crippen LogP contribution in [0, 0.1) is 0 Å². The first kappa shape index (κ1) is 101. The highest BCUT2D eigenvalue weighted by atomic mass is 31.2. The summed E-state index contributed by atoms with van der Waals surface area (Å²) in [5, 5.41) is 10.6. The minimum absolute atomic E-state index is 0.0102. The molecule has 0 spiro atoms. The molecule has 106 heavy (non-hydrogen) atoms. The van der Waals surface area contributed by atoms with Crippen molar-refractivity contribution in [3.63, 3.8) is 0 Å². The third-order valence-electron chi connectivity index (χ3n) is 16.8. The smallest absolute Gasteiger partial charge is 0.462 e. The van der Waals surface area contributed by atoms with E-state index in [4.69, 9.17) is 37.0 Å². The lowest BCUT2D eigenvalue weighted by atomic mass is 10.1. The van der Waals surface area contributed by atoms with Gasteiger partial charge in [-0.15, -0.1) is 0 Å². The van der Waals surface area contributed by atoms with E-state index in [1.54, 1.807) is 0 Å². The fourth-order valence-electron chi connectivity index (χ4n) is 10.6. The van der Waals surface area contributed by atoms with Gasteiger partial charge in [-0.05, 0) is 141 Å². The van der Waals surface area contributed by atoms with Crippen molar-refractivity contribution in [2.45, 2.75) is 341 Å². The first-order valence-electron chi connectivity index (χ1n) is 41.1. The number of hydrogen-bond donors (Lipinski definition) is 3. The lowest BCUT2D eigenvalue weighted by Crippen LogP contribution is -2.30. The molecular weight excluding hydrogens is 1380 g/mol. The standard InChI is InChI=1S/C87H146O17P2/c1-5-9-13-17-21-25-29-32-35-38-40-43-45-48-52-55-59-63-67-71-84(89)97-77-82(103-86(91)73-69-65-61-57-51-28-24-20-16-12-8-4)79-101-105(93,94)99-75-81(88)76-100-106(95,96)102-80-83(104-87(92)74-70-66-62-58-54-50-47-42-37-34-31-27-23-19-15-11-7-3)78-98-85(90)72-68-64-60-56-53-49-46-44-41-39-36-33-30-26-22-18-14-10-6-2/h9,11,13,15,21-23,25-27,32-37,40-41,43-44,47,50,58,62,81-83,88H,5-8,10,12,14,16-20,24,28-31,38-39,42,45-46,48-49,51-57,59-61,63-80H2,1-4H3,(H,93,94)(H,95,96)/b13-9-,15-11-,25-21-,26-22-,27-23-,35-32-,36-33-,37-34-,43-40-,44-41-,50-47-,62-58-. The Morgan fingerprint density at radius 1 is 0.274 bits per heavy atom. The van der Waals surface area contributed by atoms with Crippen molar-refractivity contribution >= 4 is 39.5 Å². The van der Waals surface area contributed by atoms with Gasteiger partial charge in [-0.3, -0.25) is 37.3 Å². The van der Waals surface area contributed by atoms with E-state index in [-0.39, 0.29) is 25.7 Å². The molecule has 0 aromatic carbocycles. The summed E-state index contributed by atoms with van der Waals surface area (Å²) < 4.78 is 68.6. The average molecular weight is 1530 g/mol. The molecule has 0 rings (SSSR count). The van der Waals surface area contributed by atoms with Crippen LogP contribution in [-0.2, 0) is 65.4 Å². The Bertz CT molecular complexity index is 2580. The molecule has 5 atom stereocenters. The van der Waals surface area contributed by atoms with E-state index >= 15 is 0 Å². The molecule has 0 saturated heterocycles. The van der Waals surface area contributed by atoms with Gasteiger partial charge in [0.2, 0.25) is 0 Å². The van der Waals surface area contributed by atoms with Crippen LogP contribution in [0.2, 0.25) is 0 Å². The second kappa shape index (κ2) is 78.1. The van der Waals surface area contributed by atoms with Crippen LogP contribution in [0.25, 0.3) is 0 Å². The maximum atomic E-state index is 13.1. The van der Waals surface area contributed by atoms with E-state index in [0.29, 0.717) is 32.1 Å². The predicted octanol–water partition coefficient (Wildman–Crippen LogP) is 24.2. The average Bonchev–Trinajstić information content (AvgIpc) is 0.901. The molecule has 0 fully saturated rings. The Morgan fingerprint density at radius 3 is 0.811 bits per heavy atom. The maximum Gasteiger partial charge on any atom is 0.472 e. The molecule has 606 valence electrons. The van der Waals surface area contributed by atoms with Crippen LogP contribution in [-0.4, -0.2) is 96.7 Å². The topological polar surface area (TPSA) is 237 Å². The highest BCUT2D eigenvalue weighted by Gasteiger charge is 2.30. The largest absolute Gasteiger partial charge is 0.472 e. The van der Waals surface area contributed by atoms with E-state index in [9.17, 15) is 43.2 Å². The summed E-state index contributed by atoms with van der Waals surface area (Å²) in [6.45, 7) is 4.53. The van der Waals surface area contributed by atoms with Crippen molar-refractivity contribution in [2.75, 3.05) is 39.6 Å². The summed E-state index contributed by atoms with van der Waals surface area (Å²) in [7, 11) is -9.99. The number of phosphoric acid groups is 2. The second-order valence-electron chi connectivity index (χ2n) is 27.0. The zero-order valence-electron chi connectivity index (χ0n) is 66.3. The van der Waals surface area contributed by atoms with Crippen LogP contribution >= 0.6 is 15.6 Å². The van der Waals surface area contributed by atoms with Gasteiger partial charge in [-0.1, -0.05) is 302 Å². The SMILES string of the molecule is CC/C=C\C/C=C\C/C=C\C/C=C\C/C=C\CCCC(=O)OC(COC(=O)CCCCCCCC/C=C\C/C=C\C/C=C\CCCCC)COP(=O)(O)OCC(O)COP(=O)(O)OCC(COC(=O)CCCCCCCC/C=C\C/C=C\C/C=C\C/C=C\CC)OC(=O)CCCCCCCCCCCCC. The number of aliphatic hydroxyl groups excluding tert-OH is 1. The van der Waals surface area contributed by atoms with Crippen LogP contribution in [0.3, 0.4) is 0 Å². The summed E-state index contributed by atoms with van der Waals surface area (Å²) in [4.78, 5) is 73.1. The Labute approximate surface area is 643 Å². The second-order valence-corrected chi connectivity index (χ2v) is 29.9. The number of carbonyl (C=O) groups excluding carboxylic acids is 4. The summed E-state index contributed by atoms with van der Waals surface area (Å²) >= 11 is 0. The van der Waals surface area contributed by atoms with Crippen LogP contribution in [0.4, 0.5) is 0 Å². The van der Waals surface area contributed by atoms with Crippen molar-refractivity contribution < 1.29 is 80.2 Å². The summed E-state index contributed by atoms with van der Waals surface area (Å²) in [6.07, 6.45) is 89.7. The molecule has 0 aliphatic heterocycles. The highest BCUT2D eigenvalue weighted by Crippen LogP contribution is 2.45. The fraction of sp³-hybridized carbons (Fsp3) is 0.678. The van der Waals surface area contributed by atoms with Gasteiger partial charge >= 0.3 is 39.5 Å². The minimum atomic E-state index is -5.00. The molecule has 0 aromatic heterocycles. The summed E-state index contributed by atoms with van der Waals surface area (Å²) in [6, 6.07) is 0. The molecule has 17 nitrogen and oxygen atoms in total. The van der Waals surface area contributed by atoms with Gasteiger partial charge in [0.15, 0.2) is 12.2 Å². The monoisotopic (exact) mass is 1530 g/mol. The first-order chi connectivity index (χ1) is 51.7. The maximum absolute atomic E-state index is 13.1. The van der Waals surface area contributed by atoms with Gasteiger partial charge in [0.25, 0.3) is 0 Å². The number of hydrogen-bond acceptors (Lipinski definition) is 15. The highest BCUT2D eigenvalue weighted by molar-refractivity contribution is 7.47. The van der Waals surface area contributed by atoms with Gasteiger partial charge in [0.05, 0.1) is 26.4 Å². The van der Waals surface area contributed by atoms with E-state index in [1.165, 1.54) is 57.8 Å². The molecule has 0 aliphatic rings. The Balaban J connectivity index is 5.40. The lowest BCUT2D eigenvalue weighted by molar-refractivity contribution is -0.161. The van der Waals surface area contributed by atoms with Crippen molar-refractivity contribution in [1.29, 1.82) is 0 Å². The summed E-state index contributed by atoms with van der Waals surface area (Å²) in [5.41, 5.74) is 0. The molecule has 0 heterocycles. The van der Waals surface area contributed by atoms with E-state index in [1.807, 2.05) is 12.2 Å². The molecular formula is C87H146O17P2. The number of carbonyl (C=O) groups is 4. The number of aliphatic hydroxyl groups is 1. The number of esters is 4.